The minimum Gasteiger partial charge on any atom is -0.391 e. The van der Waals surface area contributed by atoms with Crippen LogP contribution in [0.1, 0.15) is 36.1 Å². The molecule has 2 amide bonds. The third kappa shape index (κ3) is 9.12. The number of aliphatic hydroxyl groups excluding tert-OH is 1. The van der Waals surface area contributed by atoms with Crippen LogP contribution in [0.3, 0.4) is 0 Å². The monoisotopic (exact) mass is 534 g/mol. The van der Waals surface area contributed by atoms with Crippen LogP contribution in [-0.2, 0) is 16.1 Å². The lowest BCUT2D eigenvalue weighted by Crippen LogP contribution is -2.38. The highest BCUT2D eigenvalue weighted by molar-refractivity contribution is 6.00. The molecule has 0 fully saturated rings. The topological polar surface area (TPSA) is 123 Å². The Bertz CT molecular complexity index is 1380. The first-order valence-electron chi connectivity index (χ1n) is 12.0. The van der Waals surface area contributed by atoms with Crippen LogP contribution in [0.5, 0.6) is 0 Å². The second kappa shape index (κ2) is 13.9. The van der Waals surface area contributed by atoms with Crippen LogP contribution in [-0.4, -0.2) is 46.5 Å². The van der Waals surface area contributed by atoms with Gasteiger partial charge < -0.3 is 15.7 Å². The van der Waals surface area contributed by atoms with Crippen LogP contribution < -0.4 is 16.1 Å². The molecule has 39 heavy (non-hydrogen) atoms. The lowest BCUT2D eigenvalue weighted by atomic mass is 10.1. The zero-order valence-corrected chi connectivity index (χ0v) is 21.3. The molecule has 0 aliphatic rings. The first-order valence-corrected chi connectivity index (χ1v) is 12.0. The number of benzene rings is 3. The SMILES string of the molecule is CC(=N[C@H](C(=O)NO)[C@@H](C)O)c1ccc(C#Cc2ccc(NC(=O)CNCc3cc(F)cc(F)c3)cc2)cc1. The molecule has 3 rings (SSSR count). The van der Waals surface area contributed by atoms with Crippen molar-refractivity contribution in [1.82, 2.24) is 10.8 Å². The first-order chi connectivity index (χ1) is 18.6. The van der Waals surface area contributed by atoms with Gasteiger partial charge in [-0.1, -0.05) is 24.0 Å². The molecular formula is C29H28F2N4O4. The third-order valence-electron chi connectivity index (χ3n) is 5.53. The van der Waals surface area contributed by atoms with Crippen LogP contribution in [0, 0.1) is 23.5 Å². The molecule has 0 spiro atoms. The van der Waals surface area contributed by atoms with Gasteiger partial charge >= 0.3 is 0 Å². The summed E-state index contributed by atoms with van der Waals surface area (Å²) in [6.45, 7) is 3.22. The molecule has 5 N–H and O–H groups in total. The lowest BCUT2D eigenvalue weighted by molar-refractivity contribution is -0.132. The van der Waals surface area contributed by atoms with Crippen molar-refractivity contribution in [2.45, 2.75) is 32.5 Å². The van der Waals surface area contributed by atoms with E-state index in [1.807, 2.05) is 0 Å². The van der Waals surface area contributed by atoms with Gasteiger partial charge in [-0.25, -0.2) is 14.3 Å². The summed E-state index contributed by atoms with van der Waals surface area (Å²) in [6.07, 6.45) is -1.08. The van der Waals surface area contributed by atoms with Gasteiger partial charge in [-0.15, -0.1) is 0 Å². The zero-order chi connectivity index (χ0) is 28.4. The van der Waals surface area contributed by atoms with Crippen LogP contribution in [0.2, 0.25) is 0 Å². The van der Waals surface area contributed by atoms with E-state index in [0.29, 0.717) is 17.0 Å². The fourth-order valence-electron chi connectivity index (χ4n) is 3.55. The van der Waals surface area contributed by atoms with Gasteiger partial charge in [-0.2, -0.15) is 0 Å². The molecule has 0 radical (unpaired) electrons. The summed E-state index contributed by atoms with van der Waals surface area (Å²) in [5, 5.41) is 24.1. The number of halogens is 2. The summed E-state index contributed by atoms with van der Waals surface area (Å²) in [5.74, 6) is 3.64. The second-order valence-electron chi connectivity index (χ2n) is 8.71. The summed E-state index contributed by atoms with van der Waals surface area (Å²) < 4.78 is 26.5. The molecule has 0 aromatic heterocycles. The number of nitrogens with one attached hydrogen (secondary N) is 3. The standard InChI is InChI=1S/C29H28F2N4O4/c1-18(33-28(19(2)36)29(38)35-39)23-9-5-20(6-10-23)3-4-21-7-11-26(12-8-21)34-27(37)17-32-16-22-13-24(30)15-25(31)14-22/h5-15,19,28,32,36,39H,16-17H2,1-2H3,(H,34,37)(H,35,38)/t19-,28+/m1/s1. The number of aliphatic hydroxyl groups is 1. The Balaban J connectivity index is 1.53. The predicted octanol–water partition coefficient (Wildman–Crippen LogP) is 3.16. The summed E-state index contributed by atoms with van der Waals surface area (Å²) in [6, 6.07) is 16.2. The maximum Gasteiger partial charge on any atom is 0.270 e. The molecule has 0 heterocycles. The summed E-state index contributed by atoms with van der Waals surface area (Å²) in [5.41, 5.74) is 5.20. The average Bonchev–Trinajstić information content (AvgIpc) is 2.90. The van der Waals surface area contributed by atoms with E-state index in [1.165, 1.54) is 24.5 Å². The molecule has 8 nitrogen and oxygen atoms in total. The van der Waals surface area contributed by atoms with Crippen molar-refractivity contribution in [1.29, 1.82) is 0 Å². The molecule has 0 aliphatic carbocycles. The lowest BCUT2D eigenvalue weighted by Gasteiger charge is -2.14. The Morgan fingerprint density at radius 1 is 0.949 bits per heavy atom. The van der Waals surface area contributed by atoms with E-state index in [2.05, 4.69) is 27.5 Å². The highest BCUT2D eigenvalue weighted by atomic mass is 19.1. The summed E-state index contributed by atoms with van der Waals surface area (Å²) >= 11 is 0. The van der Waals surface area contributed by atoms with E-state index in [4.69, 9.17) is 5.21 Å². The van der Waals surface area contributed by atoms with Gasteiger partial charge in [0.05, 0.1) is 12.6 Å². The van der Waals surface area contributed by atoms with Gasteiger partial charge in [-0.3, -0.25) is 19.8 Å². The minimum absolute atomic E-state index is 0.0336. The Labute approximate surface area is 224 Å². The van der Waals surface area contributed by atoms with Crippen molar-refractivity contribution in [2.75, 3.05) is 11.9 Å². The number of hydroxylamine groups is 1. The van der Waals surface area contributed by atoms with Crippen molar-refractivity contribution in [2.24, 2.45) is 4.99 Å². The molecule has 2 atom stereocenters. The Hall–Kier alpha value is -4.43. The van der Waals surface area contributed by atoms with Gasteiger partial charge in [-0.05, 0) is 73.5 Å². The molecule has 0 bridgehead atoms. The number of aliphatic imine (C=N–C) groups is 1. The number of carbonyl (C=O) groups excluding carboxylic acids is 2. The molecule has 3 aromatic rings. The van der Waals surface area contributed by atoms with Crippen molar-refractivity contribution in [3.8, 4) is 11.8 Å². The van der Waals surface area contributed by atoms with Crippen LogP contribution >= 0.6 is 0 Å². The van der Waals surface area contributed by atoms with Gasteiger partial charge in [0.1, 0.15) is 11.6 Å². The number of nitrogens with zero attached hydrogens (tertiary/aromatic N) is 1. The molecular weight excluding hydrogens is 506 g/mol. The van der Waals surface area contributed by atoms with Gasteiger partial charge in [0.2, 0.25) is 5.91 Å². The van der Waals surface area contributed by atoms with Crippen LogP contribution in [0.25, 0.3) is 0 Å². The first kappa shape index (κ1) is 29.1. The van der Waals surface area contributed by atoms with Crippen molar-refractivity contribution >= 4 is 23.2 Å². The Morgan fingerprint density at radius 2 is 1.51 bits per heavy atom. The van der Waals surface area contributed by atoms with E-state index >= 15 is 0 Å². The third-order valence-corrected chi connectivity index (χ3v) is 5.53. The maximum absolute atomic E-state index is 13.2. The number of carbonyl (C=O) groups is 2. The largest absolute Gasteiger partial charge is 0.391 e. The highest BCUT2D eigenvalue weighted by Crippen LogP contribution is 2.11. The molecule has 0 saturated carbocycles. The number of amides is 2. The quantitative estimate of drug-likeness (QED) is 0.125. The fourth-order valence-corrected chi connectivity index (χ4v) is 3.55. The average molecular weight is 535 g/mol. The second-order valence-corrected chi connectivity index (χ2v) is 8.71. The fraction of sp³-hybridized carbons (Fsp3) is 0.207. The van der Waals surface area contributed by atoms with E-state index in [0.717, 1.165) is 22.8 Å². The van der Waals surface area contributed by atoms with Gasteiger partial charge in [0.15, 0.2) is 6.04 Å². The van der Waals surface area contributed by atoms with E-state index in [-0.39, 0.29) is 19.0 Å². The normalized spacial score (nSPS) is 12.6. The van der Waals surface area contributed by atoms with Crippen molar-refractivity contribution < 1.29 is 28.7 Å². The van der Waals surface area contributed by atoms with Crippen LogP contribution in [0.4, 0.5) is 14.5 Å². The number of hydrogen-bond donors (Lipinski definition) is 5. The van der Waals surface area contributed by atoms with Gasteiger partial charge in [0, 0.05) is 35.1 Å². The molecule has 0 aliphatic heterocycles. The molecule has 0 unspecified atom stereocenters. The summed E-state index contributed by atoms with van der Waals surface area (Å²) in [4.78, 5) is 28.0. The van der Waals surface area contributed by atoms with E-state index in [9.17, 15) is 23.5 Å². The van der Waals surface area contributed by atoms with Crippen molar-refractivity contribution in [3.05, 3.63) is 101 Å². The van der Waals surface area contributed by atoms with Crippen molar-refractivity contribution in [3.63, 3.8) is 0 Å². The number of anilines is 1. The van der Waals surface area contributed by atoms with E-state index in [1.54, 1.807) is 55.5 Å². The predicted molar refractivity (Wildman–Crippen MR) is 143 cm³/mol. The number of hydrogen-bond acceptors (Lipinski definition) is 6. The minimum atomic E-state index is -1.13. The van der Waals surface area contributed by atoms with Gasteiger partial charge in [0.25, 0.3) is 5.91 Å². The maximum atomic E-state index is 13.2. The molecule has 202 valence electrons. The Morgan fingerprint density at radius 3 is 2.05 bits per heavy atom. The number of rotatable bonds is 9. The zero-order valence-electron chi connectivity index (χ0n) is 21.3. The molecule has 10 heteroatoms. The molecule has 0 saturated heterocycles. The van der Waals surface area contributed by atoms with E-state index < -0.39 is 29.7 Å². The Kier molecular flexibility index (Phi) is 10.4. The summed E-state index contributed by atoms with van der Waals surface area (Å²) in [7, 11) is 0. The smallest absolute Gasteiger partial charge is 0.270 e. The highest BCUT2D eigenvalue weighted by Gasteiger charge is 2.22. The van der Waals surface area contributed by atoms with Crippen LogP contribution in [0.15, 0.2) is 71.7 Å². The molecule has 3 aromatic carbocycles.